The lowest BCUT2D eigenvalue weighted by molar-refractivity contribution is -0.129. The van der Waals surface area contributed by atoms with Crippen molar-refractivity contribution in [2.75, 3.05) is 12.8 Å². The van der Waals surface area contributed by atoms with Crippen LogP contribution in [0.4, 0.5) is 0 Å². The molecule has 0 aromatic carbocycles. The lowest BCUT2D eigenvalue weighted by atomic mass is 10.0. The standard InChI is InChI=1S/C8H9NOS2/c1-9-7(11)4-6-5(8(9)10)2-3-12-6/h4-5H,2-3H2,1H3. The van der Waals surface area contributed by atoms with Gasteiger partial charge in [0.05, 0.1) is 5.92 Å². The Labute approximate surface area is 81.0 Å². The molecule has 2 aliphatic heterocycles. The Hall–Kier alpha value is -0.350. The van der Waals surface area contributed by atoms with Crippen molar-refractivity contribution in [3.05, 3.63) is 11.0 Å². The Kier molecular flexibility index (Phi) is 1.96. The van der Waals surface area contributed by atoms with Crippen molar-refractivity contribution in [1.82, 2.24) is 4.90 Å². The van der Waals surface area contributed by atoms with Crippen LogP contribution in [0.25, 0.3) is 0 Å². The van der Waals surface area contributed by atoms with E-state index in [0.29, 0.717) is 4.99 Å². The van der Waals surface area contributed by atoms with Gasteiger partial charge in [-0.2, -0.15) is 0 Å². The van der Waals surface area contributed by atoms with Gasteiger partial charge in [-0.15, -0.1) is 11.8 Å². The predicted octanol–water partition coefficient (Wildman–Crippen LogP) is 1.42. The monoisotopic (exact) mass is 199 g/mol. The molecule has 0 aliphatic carbocycles. The van der Waals surface area contributed by atoms with Gasteiger partial charge in [0.15, 0.2) is 0 Å². The summed E-state index contributed by atoms with van der Waals surface area (Å²) in [6, 6.07) is 0. The number of hydrogen-bond acceptors (Lipinski definition) is 3. The van der Waals surface area contributed by atoms with Gasteiger partial charge in [-0.3, -0.25) is 4.79 Å². The van der Waals surface area contributed by atoms with Crippen molar-refractivity contribution in [3.63, 3.8) is 0 Å². The normalized spacial score (nSPS) is 28.9. The number of thioether (sulfide) groups is 1. The summed E-state index contributed by atoms with van der Waals surface area (Å²) in [5.41, 5.74) is 0. The highest BCUT2D eigenvalue weighted by Gasteiger charge is 2.35. The third-order valence-electron chi connectivity index (χ3n) is 2.24. The summed E-state index contributed by atoms with van der Waals surface area (Å²) in [6.45, 7) is 0. The molecular formula is C8H9NOS2. The van der Waals surface area contributed by atoms with Crippen LogP contribution in [0.3, 0.4) is 0 Å². The highest BCUT2D eigenvalue weighted by atomic mass is 32.2. The maximum Gasteiger partial charge on any atom is 0.235 e. The molecule has 1 atom stereocenters. The second kappa shape index (κ2) is 2.85. The fourth-order valence-electron chi connectivity index (χ4n) is 1.49. The average Bonchev–Trinajstić information content (AvgIpc) is 2.48. The molecule has 0 aromatic heterocycles. The van der Waals surface area contributed by atoms with Crippen LogP contribution in [-0.4, -0.2) is 28.6 Å². The zero-order chi connectivity index (χ0) is 8.72. The van der Waals surface area contributed by atoms with Crippen LogP contribution in [-0.2, 0) is 4.79 Å². The summed E-state index contributed by atoms with van der Waals surface area (Å²) in [5, 5.41) is 0. The summed E-state index contributed by atoms with van der Waals surface area (Å²) in [6.07, 6.45) is 2.93. The second-order valence-corrected chi connectivity index (χ2v) is 4.56. The lowest BCUT2D eigenvalue weighted by Gasteiger charge is -2.25. The molecule has 1 amide bonds. The summed E-state index contributed by atoms with van der Waals surface area (Å²) in [4.78, 5) is 15.0. The Bertz CT molecular complexity index is 285. The Morgan fingerprint density at radius 1 is 1.75 bits per heavy atom. The Morgan fingerprint density at radius 2 is 2.50 bits per heavy atom. The van der Waals surface area contributed by atoms with Crippen molar-refractivity contribution in [3.8, 4) is 0 Å². The molecule has 0 radical (unpaired) electrons. The van der Waals surface area contributed by atoms with Gasteiger partial charge in [-0.25, -0.2) is 0 Å². The van der Waals surface area contributed by atoms with Gasteiger partial charge in [-0.05, 0) is 18.2 Å². The van der Waals surface area contributed by atoms with Gasteiger partial charge >= 0.3 is 0 Å². The SMILES string of the molecule is CN1C(=O)C2CCSC2=CC1=S. The fourth-order valence-corrected chi connectivity index (χ4v) is 2.98. The summed E-state index contributed by atoms with van der Waals surface area (Å²) in [7, 11) is 1.75. The van der Waals surface area contributed by atoms with E-state index in [1.807, 2.05) is 6.08 Å². The first kappa shape index (κ1) is 8.26. The van der Waals surface area contributed by atoms with Gasteiger partial charge in [-0.1, -0.05) is 12.2 Å². The minimum absolute atomic E-state index is 0.117. The third-order valence-corrected chi connectivity index (χ3v) is 3.81. The molecule has 0 aromatic rings. The van der Waals surface area contributed by atoms with Crippen molar-refractivity contribution < 1.29 is 4.79 Å². The number of thiocarbonyl (C=S) groups is 1. The molecule has 0 spiro atoms. The zero-order valence-corrected chi connectivity index (χ0v) is 8.37. The number of likely N-dealkylation sites (N-methyl/N-ethyl adjacent to an activating group) is 1. The smallest absolute Gasteiger partial charge is 0.235 e. The van der Waals surface area contributed by atoms with E-state index in [1.165, 1.54) is 4.91 Å². The van der Waals surface area contributed by atoms with Gasteiger partial charge in [0.25, 0.3) is 0 Å². The molecule has 1 saturated heterocycles. The number of rotatable bonds is 0. The molecule has 2 nitrogen and oxygen atoms in total. The van der Waals surface area contributed by atoms with Crippen molar-refractivity contribution in [2.24, 2.45) is 5.92 Å². The number of hydrogen-bond donors (Lipinski definition) is 0. The summed E-state index contributed by atoms with van der Waals surface area (Å²) >= 11 is 6.81. The predicted molar refractivity (Wildman–Crippen MR) is 54.0 cm³/mol. The van der Waals surface area contributed by atoms with Gasteiger partial charge < -0.3 is 4.90 Å². The Morgan fingerprint density at radius 3 is 3.25 bits per heavy atom. The van der Waals surface area contributed by atoms with Crippen LogP contribution in [0.2, 0.25) is 0 Å². The molecule has 4 heteroatoms. The number of carbonyl (C=O) groups excluding carboxylic acids is 1. The topological polar surface area (TPSA) is 20.3 Å². The molecule has 2 heterocycles. The maximum absolute atomic E-state index is 11.6. The number of nitrogens with zero attached hydrogens (tertiary/aromatic N) is 1. The van der Waals surface area contributed by atoms with Crippen LogP contribution in [0.5, 0.6) is 0 Å². The van der Waals surface area contributed by atoms with E-state index in [2.05, 4.69) is 0 Å². The number of carbonyl (C=O) groups is 1. The van der Waals surface area contributed by atoms with E-state index in [1.54, 1.807) is 23.7 Å². The summed E-state index contributed by atoms with van der Waals surface area (Å²) in [5.74, 6) is 1.34. The molecule has 64 valence electrons. The van der Waals surface area contributed by atoms with Crippen molar-refractivity contribution in [2.45, 2.75) is 6.42 Å². The lowest BCUT2D eigenvalue weighted by Crippen LogP contribution is -2.39. The second-order valence-electron chi connectivity index (χ2n) is 2.97. The van der Waals surface area contributed by atoms with Crippen LogP contribution in [0.15, 0.2) is 11.0 Å². The molecule has 2 aliphatic rings. The molecule has 0 N–H and O–H groups in total. The fraction of sp³-hybridized carbons (Fsp3) is 0.500. The average molecular weight is 199 g/mol. The zero-order valence-electron chi connectivity index (χ0n) is 6.74. The number of fused-ring (bicyclic) bond motifs is 1. The van der Waals surface area contributed by atoms with Crippen molar-refractivity contribution in [1.29, 1.82) is 0 Å². The van der Waals surface area contributed by atoms with Gasteiger partial charge in [0.1, 0.15) is 4.99 Å². The van der Waals surface area contributed by atoms with Crippen LogP contribution in [0, 0.1) is 5.92 Å². The molecule has 1 unspecified atom stereocenters. The molecule has 0 bridgehead atoms. The van der Waals surface area contributed by atoms with Crippen LogP contribution >= 0.6 is 24.0 Å². The first-order chi connectivity index (χ1) is 5.70. The highest BCUT2D eigenvalue weighted by Crippen LogP contribution is 2.39. The van der Waals surface area contributed by atoms with E-state index in [0.717, 1.165) is 12.2 Å². The van der Waals surface area contributed by atoms with Crippen molar-refractivity contribution >= 4 is 34.9 Å². The van der Waals surface area contributed by atoms with Gasteiger partial charge in [0.2, 0.25) is 5.91 Å². The highest BCUT2D eigenvalue weighted by molar-refractivity contribution is 8.03. The maximum atomic E-state index is 11.6. The van der Waals surface area contributed by atoms with Gasteiger partial charge in [0, 0.05) is 12.0 Å². The molecule has 1 fully saturated rings. The van der Waals surface area contributed by atoms with E-state index in [-0.39, 0.29) is 11.8 Å². The quantitative estimate of drug-likeness (QED) is 0.550. The molecular weight excluding hydrogens is 190 g/mol. The van der Waals surface area contributed by atoms with E-state index in [4.69, 9.17) is 12.2 Å². The third kappa shape index (κ3) is 1.10. The van der Waals surface area contributed by atoms with E-state index in [9.17, 15) is 4.79 Å². The first-order valence-electron chi connectivity index (χ1n) is 3.86. The van der Waals surface area contributed by atoms with Crippen LogP contribution in [0.1, 0.15) is 6.42 Å². The molecule has 0 saturated carbocycles. The molecule has 2 rings (SSSR count). The minimum Gasteiger partial charge on any atom is -0.306 e. The Balaban J connectivity index is 2.38. The minimum atomic E-state index is 0.117. The summed E-state index contributed by atoms with van der Waals surface area (Å²) < 4.78 is 0. The number of amides is 1. The molecule has 12 heavy (non-hydrogen) atoms. The first-order valence-corrected chi connectivity index (χ1v) is 5.25. The largest absolute Gasteiger partial charge is 0.306 e. The van der Waals surface area contributed by atoms with E-state index < -0.39 is 0 Å². The van der Waals surface area contributed by atoms with Crippen LogP contribution < -0.4 is 0 Å². The van der Waals surface area contributed by atoms with E-state index >= 15 is 0 Å².